The van der Waals surface area contributed by atoms with Crippen LogP contribution in [0, 0.1) is 0 Å². The van der Waals surface area contributed by atoms with E-state index in [0.29, 0.717) is 0 Å². The zero-order valence-corrected chi connectivity index (χ0v) is 11.5. The van der Waals surface area contributed by atoms with Gasteiger partial charge in [0, 0.05) is 16.9 Å². The number of hydrogen-bond donors (Lipinski definition) is 0. The first kappa shape index (κ1) is 12.4. The Morgan fingerprint density at radius 3 is 2.79 bits per heavy atom. The van der Waals surface area contributed by atoms with E-state index < -0.39 is 5.54 Å². The molecule has 1 atom stereocenters. The van der Waals surface area contributed by atoms with Gasteiger partial charge in [-0.1, -0.05) is 24.2 Å². The molecule has 1 spiro atoms. The van der Waals surface area contributed by atoms with Crippen LogP contribution in [0.4, 0.5) is 0 Å². The van der Waals surface area contributed by atoms with Crippen LogP contribution in [0.2, 0.25) is 0 Å². The van der Waals surface area contributed by atoms with Gasteiger partial charge in [0.25, 0.3) is 0 Å². The molecule has 3 rings (SSSR count). The van der Waals surface area contributed by atoms with E-state index in [1.807, 2.05) is 13.0 Å². The number of fused-ring (bicyclic) bond motifs is 1. The largest absolute Gasteiger partial charge is 0.487 e. The minimum Gasteiger partial charge on any atom is -0.487 e. The smallest absolute Gasteiger partial charge is 0.124 e. The van der Waals surface area contributed by atoms with E-state index in [1.165, 1.54) is 12.0 Å². The molecule has 0 radical (unpaired) electrons. The molecule has 1 fully saturated rings. The molecule has 1 unspecified atom stereocenters. The van der Waals surface area contributed by atoms with Crippen molar-refractivity contribution in [3.63, 3.8) is 0 Å². The van der Waals surface area contributed by atoms with Gasteiger partial charge in [0.05, 0.1) is 5.54 Å². The summed E-state index contributed by atoms with van der Waals surface area (Å²) in [4.78, 5) is 3.08. The second-order valence-electron chi connectivity index (χ2n) is 5.96. The van der Waals surface area contributed by atoms with Gasteiger partial charge in [-0.25, -0.2) is 0 Å². The van der Waals surface area contributed by atoms with Crippen LogP contribution in [0.3, 0.4) is 0 Å². The van der Waals surface area contributed by atoms with Crippen molar-refractivity contribution in [3.8, 4) is 5.75 Å². The van der Waals surface area contributed by atoms with Crippen LogP contribution in [0.5, 0.6) is 5.75 Å². The van der Waals surface area contributed by atoms with Crippen molar-refractivity contribution in [1.29, 1.82) is 0 Å². The quantitative estimate of drug-likeness (QED) is 0.437. The molecule has 1 aromatic rings. The minimum absolute atomic E-state index is 0.0936. The standard InChI is InChI=1S/C15H19N3O/c1-3-11-5-6-13-12(9-11)14(2,17-18-16)10-15(19-13)7-4-8-15/h5-6,9H,3-4,7-8,10H2,1-2H3. The highest BCUT2D eigenvalue weighted by molar-refractivity contribution is 5.45. The molecule has 1 saturated carbocycles. The molecular weight excluding hydrogens is 238 g/mol. The predicted molar refractivity (Wildman–Crippen MR) is 74.1 cm³/mol. The second-order valence-corrected chi connectivity index (χ2v) is 5.96. The number of rotatable bonds is 2. The van der Waals surface area contributed by atoms with Crippen molar-refractivity contribution in [2.24, 2.45) is 5.11 Å². The topological polar surface area (TPSA) is 58.0 Å². The Labute approximate surface area is 113 Å². The van der Waals surface area contributed by atoms with E-state index >= 15 is 0 Å². The normalized spacial score (nSPS) is 26.8. The monoisotopic (exact) mass is 257 g/mol. The first-order valence-corrected chi connectivity index (χ1v) is 6.99. The third kappa shape index (κ3) is 1.87. The fourth-order valence-electron chi connectivity index (χ4n) is 3.34. The molecule has 1 heterocycles. The summed E-state index contributed by atoms with van der Waals surface area (Å²) in [5.74, 6) is 0.901. The van der Waals surface area contributed by atoms with Crippen LogP contribution in [0.15, 0.2) is 23.3 Å². The van der Waals surface area contributed by atoms with Crippen LogP contribution in [0.1, 0.15) is 50.7 Å². The summed E-state index contributed by atoms with van der Waals surface area (Å²) in [6.45, 7) is 4.16. The molecule has 1 aliphatic heterocycles. The average Bonchev–Trinajstić information content (AvgIpc) is 2.36. The summed E-state index contributed by atoms with van der Waals surface area (Å²) in [5, 5.41) is 4.11. The predicted octanol–water partition coefficient (Wildman–Crippen LogP) is 4.48. The molecule has 0 amide bonds. The number of hydrogen-bond acceptors (Lipinski definition) is 2. The van der Waals surface area contributed by atoms with Crippen LogP contribution in [-0.2, 0) is 12.0 Å². The maximum atomic E-state index is 8.91. The Bertz CT molecular complexity index is 559. The van der Waals surface area contributed by atoms with E-state index in [4.69, 9.17) is 10.3 Å². The van der Waals surface area contributed by atoms with Gasteiger partial charge in [-0.15, -0.1) is 0 Å². The minimum atomic E-state index is -0.478. The molecule has 4 heteroatoms. The molecule has 0 bridgehead atoms. The zero-order valence-electron chi connectivity index (χ0n) is 11.5. The lowest BCUT2D eigenvalue weighted by Gasteiger charge is -2.50. The Hall–Kier alpha value is -1.67. The number of nitrogens with zero attached hydrogens (tertiary/aromatic N) is 3. The Morgan fingerprint density at radius 2 is 2.21 bits per heavy atom. The Morgan fingerprint density at radius 1 is 1.42 bits per heavy atom. The van der Waals surface area contributed by atoms with Gasteiger partial charge in [0.1, 0.15) is 11.4 Å². The summed E-state index contributed by atoms with van der Waals surface area (Å²) < 4.78 is 6.21. The summed E-state index contributed by atoms with van der Waals surface area (Å²) in [6, 6.07) is 6.28. The molecule has 1 aromatic carbocycles. The van der Waals surface area contributed by atoms with Gasteiger partial charge in [-0.3, -0.25) is 0 Å². The fraction of sp³-hybridized carbons (Fsp3) is 0.600. The van der Waals surface area contributed by atoms with Crippen LogP contribution in [-0.4, -0.2) is 5.60 Å². The summed E-state index contributed by atoms with van der Waals surface area (Å²) >= 11 is 0. The van der Waals surface area contributed by atoms with Gasteiger partial charge in [0.2, 0.25) is 0 Å². The maximum absolute atomic E-state index is 8.91. The van der Waals surface area contributed by atoms with Crippen molar-refractivity contribution in [2.75, 3.05) is 0 Å². The average molecular weight is 257 g/mol. The van der Waals surface area contributed by atoms with Crippen molar-refractivity contribution >= 4 is 0 Å². The summed E-state index contributed by atoms with van der Waals surface area (Å²) in [7, 11) is 0. The van der Waals surface area contributed by atoms with E-state index in [2.05, 4.69) is 29.1 Å². The van der Waals surface area contributed by atoms with Crippen molar-refractivity contribution in [3.05, 3.63) is 39.8 Å². The van der Waals surface area contributed by atoms with Gasteiger partial charge < -0.3 is 4.74 Å². The van der Waals surface area contributed by atoms with Crippen LogP contribution in [0.25, 0.3) is 10.4 Å². The lowest BCUT2D eigenvalue weighted by atomic mass is 9.68. The van der Waals surface area contributed by atoms with E-state index in [9.17, 15) is 0 Å². The van der Waals surface area contributed by atoms with Gasteiger partial charge in [-0.05, 0) is 49.8 Å². The Kier molecular flexibility index (Phi) is 2.72. The lowest BCUT2D eigenvalue weighted by Crippen LogP contribution is -2.51. The number of azide groups is 1. The fourth-order valence-corrected chi connectivity index (χ4v) is 3.34. The SMILES string of the molecule is CCc1ccc2c(c1)C(C)(N=[N+]=[N-])CC1(CCC1)O2. The van der Waals surface area contributed by atoms with Crippen molar-refractivity contribution < 1.29 is 4.74 Å². The van der Waals surface area contributed by atoms with Gasteiger partial charge in [0.15, 0.2) is 0 Å². The van der Waals surface area contributed by atoms with Crippen LogP contribution < -0.4 is 4.74 Å². The number of benzene rings is 1. The van der Waals surface area contributed by atoms with E-state index in [0.717, 1.165) is 37.0 Å². The molecule has 19 heavy (non-hydrogen) atoms. The molecule has 4 nitrogen and oxygen atoms in total. The molecule has 100 valence electrons. The lowest BCUT2D eigenvalue weighted by molar-refractivity contribution is -0.0476. The molecule has 1 aliphatic carbocycles. The molecule has 0 N–H and O–H groups in total. The zero-order chi connectivity index (χ0) is 13.5. The molecule has 2 aliphatic rings. The molecule has 0 saturated heterocycles. The van der Waals surface area contributed by atoms with E-state index in [-0.39, 0.29) is 5.60 Å². The van der Waals surface area contributed by atoms with Gasteiger partial charge >= 0.3 is 0 Å². The van der Waals surface area contributed by atoms with E-state index in [1.54, 1.807) is 0 Å². The summed E-state index contributed by atoms with van der Waals surface area (Å²) in [5.41, 5.74) is 10.6. The maximum Gasteiger partial charge on any atom is 0.124 e. The highest BCUT2D eigenvalue weighted by Crippen LogP contribution is 2.53. The molecule has 0 aromatic heterocycles. The summed E-state index contributed by atoms with van der Waals surface area (Å²) in [6.07, 6.45) is 5.11. The number of ether oxygens (including phenoxy) is 1. The number of aryl methyl sites for hydroxylation is 1. The molecular formula is C15H19N3O. The third-order valence-corrected chi connectivity index (χ3v) is 4.56. The first-order chi connectivity index (χ1) is 9.11. The van der Waals surface area contributed by atoms with Crippen molar-refractivity contribution in [2.45, 2.75) is 57.1 Å². The van der Waals surface area contributed by atoms with Crippen LogP contribution >= 0.6 is 0 Å². The van der Waals surface area contributed by atoms with Crippen molar-refractivity contribution in [1.82, 2.24) is 0 Å². The Balaban J connectivity index is 2.12. The second kappa shape index (κ2) is 4.17. The highest BCUT2D eigenvalue weighted by atomic mass is 16.5. The third-order valence-electron chi connectivity index (χ3n) is 4.56. The first-order valence-electron chi connectivity index (χ1n) is 6.99. The van der Waals surface area contributed by atoms with Gasteiger partial charge in [-0.2, -0.15) is 0 Å². The highest BCUT2D eigenvalue weighted by Gasteiger charge is 2.50.